The van der Waals surface area contributed by atoms with Gasteiger partial charge in [-0.2, -0.15) is 0 Å². The molecule has 2 atom stereocenters. The molecule has 4 heteroatoms. The second kappa shape index (κ2) is 5.76. The Bertz CT molecular complexity index is 667. The van der Waals surface area contributed by atoms with Crippen molar-refractivity contribution in [2.75, 3.05) is 27.8 Å². The van der Waals surface area contributed by atoms with Gasteiger partial charge in [0.05, 0.1) is 14.2 Å². The molecule has 0 N–H and O–H groups in total. The van der Waals surface area contributed by atoms with Crippen LogP contribution in [0.1, 0.15) is 55.6 Å². The summed E-state index contributed by atoms with van der Waals surface area (Å²) in [6, 6.07) is 4.86. The molecule has 2 saturated carbocycles. The Morgan fingerprint density at radius 2 is 1.96 bits per heavy atom. The molecule has 1 aromatic rings. The molecule has 1 heterocycles. The zero-order valence-corrected chi connectivity index (χ0v) is 14.9. The third-order valence-electron chi connectivity index (χ3n) is 6.45. The molecule has 0 spiro atoms. The lowest BCUT2D eigenvalue weighted by atomic mass is 9.65. The predicted octanol–water partition coefficient (Wildman–Crippen LogP) is 3.28. The molecule has 0 aromatic heterocycles. The van der Waals surface area contributed by atoms with Gasteiger partial charge in [0.2, 0.25) is 0 Å². The van der Waals surface area contributed by atoms with E-state index < -0.39 is 0 Å². The number of Topliss-reactive ketones (excluding diaryl/α,β-unsaturated/α-hetero) is 1. The molecule has 0 amide bonds. The summed E-state index contributed by atoms with van der Waals surface area (Å²) in [5.41, 5.74) is 2.74. The third kappa shape index (κ3) is 2.34. The first kappa shape index (κ1) is 15.9. The van der Waals surface area contributed by atoms with E-state index in [1.165, 1.54) is 24.0 Å². The summed E-state index contributed by atoms with van der Waals surface area (Å²) in [4.78, 5) is 14.4. The van der Waals surface area contributed by atoms with Gasteiger partial charge in [-0.25, -0.2) is 0 Å². The van der Waals surface area contributed by atoms with Gasteiger partial charge in [0.15, 0.2) is 11.5 Å². The maximum Gasteiger partial charge on any atom is 0.164 e. The first-order valence-electron chi connectivity index (χ1n) is 9.07. The fourth-order valence-electron chi connectivity index (χ4n) is 4.90. The number of likely N-dealkylation sites (tertiary alicyclic amines) is 1. The molecule has 0 bridgehead atoms. The summed E-state index contributed by atoms with van der Waals surface area (Å²) in [5.74, 6) is 2.76. The fraction of sp³-hybridized carbons (Fsp3) is 0.650. The Hall–Kier alpha value is -1.55. The summed E-state index contributed by atoms with van der Waals surface area (Å²) in [7, 11) is 5.61. The van der Waals surface area contributed by atoms with Gasteiger partial charge >= 0.3 is 0 Å². The van der Waals surface area contributed by atoms with Gasteiger partial charge in [0.25, 0.3) is 0 Å². The lowest BCUT2D eigenvalue weighted by molar-refractivity contribution is -0.122. The number of rotatable bonds is 4. The number of fused-ring (bicyclic) bond motifs is 1. The van der Waals surface area contributed by atoms with Crippen molar-refractivity contribution in [3.63, 3.8) is 0 Å². The number of carbonyl (C=O) groups excluding carboxylic acids is 1. The van der Waals surface area contributed by atoms with E-state index in [9.17, 15) is 4.79 Å². The van der Waals surface area contributed by atoms with Crippen molar-refractivity contribution in [2.45, 2.75) is 55.9 Å². The van der Waals surface area contributed by atoms with Crippen molar-refractivity contribution in [1.82, 2.24) is 4.90 Å². The zero-order chi connectivity index (χ0) is 16.9. The molecule has 24 heavy (non-hydrogen) atoms. The molecule has 2 unspecified atom stereocenters. The lowest BCUT2D eigenvalue weighted by Gasteiger charge is -2.41. The number of carbonyl (C=O) groups is 1. The summed E-state index contributed by atoms with van der Waals surface area (Å²) in [5, 5.41) is 0. The van der Waals surface area contributed by atoms with Crippen LogP contribution in [0.3, 0.4) is 0 Å². The van der Waals surface area contributed by atoms with Gasteiger partial charge in [0.1, 0.15) is 5.78 Å². The van der Waals surface area contributed by atoms with Crippen molar-refractivity contribution in [2.24, 2.45) is 0 Å². The summed E-state index contributed by atoms with van der Waals surface area (Å²) < 4.78 is 11.3. The lowest BCUT2D eigenvalue weighted by Crippen LogP contribution is -2.46. The van der Waals surface area contributed by atoms with Crippen LogP contribution in [0, 0.1) is 0 Å². The normalized spacial score (nSPS) is 30.3. The van der Waals surface area contributed by atoms with Crippen molar-refractivity contribution >= 4 is 5.78 Å². The molecular weight excluding hydrogens is 302 g/mol. The summed E-state index contributed by atoms with van der Waals surface area (Å²) >= 11 is 0. The van der Waals surface area contributed by atoms with Crippen molar-refractivity contribution in [3.05, 3.63) is 23.3 Å². The number of hydrogen-bond acceptors (Lipinski definition) is 4. The molecule has 4 nitrogen and oxygen atoms in total. The van der Waals surface area contributed by atoms with E-state index in [0.717, 1.165) is 30.9 Å². The molecule has 0 radical (unpaired) electrons. The second-order valence-electron chi connectivity index (χ2n) is 7.72. The van der Waals surface area contributed by atoms with Crippen LogP contribution in [0.5, 0.6) is 11.5 Å². The van der Waals surface area contributed by atoms with Crippen LogP contribution in [-0.2, 0) is 10.2 Å². The zero-order valence-electron chi connectivity index (χ0n) is 14.9. The molecule has 1 aromatic carbocycles. The van der Waals surface area contributed by atoms with Gasteiger partial charge in [-0.15, -0.1) is 0 Å². The van der Waals surface area contributed by atoms with Gasteiger partial charge in [-0.05, 0) is 56.8 Å². The number of hydrogen-bond donors (Lipinski definition) is 0. The molecule has 3 aliphatic rings. The van der Waals surface area contributed by atoms with E-state index in [4.69, 9.17) is 9.47 Å². The van der Waals surface area contributed by atoms with Crippen molar-refractivity contribution in [1.29, 1.82) is 0 Å². The predicted molar refractivity (Wildman–Crippen MR) is 93.1 cm³/mol. The standard InChI is InChI=1S/C20H27NO3/c1-21-9-8-20(7-6-15(22)12-18(20)21)14-10-16(13-4-5-13)19(24-3)17(11-14)23-2/h10-11,13,18H,4-9,12H2,1-3H3. The monoisotopic (exact) mass is 329 g/mol. The number of nitrogens with zero attached hydrogens (tertiary/aromatic N) is 1. The maximum atomic E-state index is 12.1. The van der Waals surface area contributed by atoms with Crippen LogP contribution in [0.15, 0.2) is 12.1 Å². The van der Waals surface area contributed by atoms with Gasteiger partial charge in [0, 0.05) is 29.9 Å². The van der Waals surface area contributed by atoms with E-state index in [0.29, 0.717) is 30.6 Å². The average molecular weight is 329 g/mol. The molecule has 1 aliphatic heterocycles. The SMILES string of the molecule is COc1cc(C23CCC(=O)CC2N(C)CC3)cc(C2CC2)c1OC. The largest absolute Gasteiger partial charge is 0.493 e. The van der Waals surface area contributed by atoms with Gasteiger partial charge < -0.3 is 14.4 Å². The van der Waals surface area contributed by atoms with E-state index in [1.807, 2.05) is 0 Å². The average Bonchev–Trinajstić information content (AvgIpc) is 3.39. The Kier molecular flexibility index (Phi) is 3.83. The number of benzene rings is 1. The van der Waals surface area contributed by atoms with E-state index in [1.54, 1.807) is 14.2 Å². The first-order valence-corrected chi connectivity index (χ1v) is 9.07. The molecule has 3 fully saturated rings. The van der Waals surface area contributed by atoms with Crippen molar-refractivity contribution < 1.29 is 14.3 Å². The number of likely N-dealkylation sites (N-methyl/N-ethyl adjacent to an activating group) is 1. The highest BCUT2D eigenvalue weighted by Gasteiger charge is 2.50. The van der Waals surface area contributed by atoms with Crippen LogP contribution in [0.4, 0.5) is 0 Å². The Balaban J connectivity index is 1.83. The second-order valence-corrected chi connectivity index (χ2v) is 7.72. The molecular formula is C20H27NO3. The van der Waals surface area contributed by atoms with E-state index in [2.05, 4.69) is 24.1 Å². The van der Waals surface area contributed by atoms with E-state index >= 15 is 0 Å². The summed E-state index contributed by atoms with van der Waals surface area (Å²) in [6.45, 7) is 1.06. The number of ether oxygens (including phenoxy) is 2. The molecule has 4 rings (SSSR count). The number of methoxy groups -OCH3 is 2. The highest BCUT2D eigenvalue weighted by molar-refractivity contribution is 5.81. The topological polar surface area (TPSA) is 38.8 Å². The van der Waals surface area contributed by atoms with Crippen molar-refractivity contribution in [3.8, 4) is 11.5 Å². The van der Waals surface area contributed by atoms with Crippen LogP contribution in [0.25, 0.3) is 0 Å². The van der Waals surface area contributed by atoms with Gasteiger partial charge in [-0.3, -0.25) is 4.79 Å². The maximum absolute atomic E-state index is 12.1. The van der Waals surface area contributed by atoms with Gasteiger partial charge in [-0.1, -0.05) is 6.07 Å². The smallest absolute Gasteiger partial charge is 0.164 e. The minimum absolute atomic E-state index is 0.0891. The van der Waals surface area contributed by atoms with Crippen LogP contribution >= 0.6 is 0 Å². The minimum Gasteiger partial charge on any atom is -0.493 e. The quantitative estimate of drug-likeness (QED) is 0.850. The van der Waals surface area contributed by atoms with Crippen LogP contribution in [0.2, 0.25) is 0 Å². The Morgan fingerprint density at radius 1 is 1.17 bits per heavy atom. The summed E-state index contributed by atoms with van der Waals surface area (Å²) in [6.07, 6.45) is 5.94. The Morgan fingerprint density at radius 3 is 2.62 bits per heavy atom. The Labute approximate surface area is 144 Å². The molecule has 2 aliphatic carbocycles. The third-order valence-corrected chi connectivity index (χ3v) is 6.45. The van der Waals surface area contributed by atoms with E-state index in [-0.39, 0.29) is 5.41 Å². The molecule has 130 valence electrons. The van der Waals surface area contributed by atoms with Crippen LogP contribution < -0.4 is 9.47 Å². The van der Waals surface area contributed by atoms with Crippen LogP contribution in [-0.4, -0.2) is 44.5 Å². The highest BCUT2D eigenvalue weighted by Crippen LogP contribution is 2.53. The minimum atomic E-state index is 0.0891. The highest BCUT2D eigenvalue weighted by atomic mass is 16.5. The number of ketones is 1. The fourth-order valence-corrected chi connectivity index (χ4v) is 4.90. The first-order chi connectivity index (χ1) is 11.6. The molecule has 1 saturated heterocycles.